The van der Waals surface area contributed by atoms with E-state index in [1.165, 1.54) is 0 Å². The third-order valence-electron chi connectivity index (χ3n) is 1.91. The number of H-pyrrole nitrogens is 1. The van der Waals surface area contributed by atoms with E-state index in [9.17, 15) is 0 Å². The molecule has 0 radical (unpaired) electrons. The largest absolute Gasteiger partial charge is 0.341 e. The number of rotatable bonds is 1. The van der Waals surface area contributed by atoms with E-state index in [2.05, 4.69) is 39.6 Å². The zero-order valence-corrected chi connectivity index (χ0v) is 10.1. The Bertz CT molecular complexity index is 474. The number of nitrogens with zero attached hydrogens (tertiary/aromatic N) is 3. The fraction of sp³-hybridized carbons (Fsp3) is 0.375. The first kappa shape index (κ1) is 9.61. The summed E-state index contributed by atoms with van der Waals surface area (Å²) < 4.78 is 0. The van der Waals surface area contributed by atoms with E-state index < -0.39 is 8.07 Å². The third-order valence-corrected chi connectivity index (χ3v) is 3.75. The molecule has 0 unspecified atom stereocenters. The maximum absolute atomic E-state index is 6.01. The molecule has 0 aromatic carbocycles. The molecule has 0 aliphatic carbocycles. The highest BCUT2D eigenvalue weighted by Crippen LogP contribution is 2.14. The Hall–Kier alpha value is -0.943. The molecule has 0 spiro atoms. The molecule has 0 saturated carbocycles. The van der Waals surface area contributed by atoms with Gasteiger partial charge in [0, 0.05) is 0 Å². The van der Waals surface area contributed by atoms with Crippen molar-refractivity contribution in [3.63, 3.8) is 0 Å². The van der Waals surface area contributed by atoms with Gasteiger partial charge in [0.2, 0.25) is 0 Å². The summed E-state index contributed by atoms with van der Waals surface area (Å²) in [4.78, 5) is 15.7. The standard InChI is InChI=1S/C8H11ClN4Si/c1-14(2,3)8-12-6(9)5-7(13-8)11-4-10-5/h4H,1-3H3,(H,10,11,12,13). The normalized spacial score (nSPS) is 12.3. The van der Waals surface area contributed by atoms with Crippen LogP contribution in [0.5, 0.6) is 0 Å². The lowest BCUT2D eigenvalue weighted by molar-refractivity contribution is 1.24. The Balaban J connectivity index is 2.70. The van der Waals surface area contributed by atoms with Crippen LogP contribution in [0, 0.1) is 0 Å². The summed E-state index contributed by atoms with van der Waals surface area (Å²) in [7, 11) is -1.52. The summed E-state index contributed by atoms with van der Waals surface area (Å²) in [6.07, 6.45) is 1.58. The second kappa shape index (κ2) is 3.03. The van der Waals surface area contributed by atoms with Crippen LogP contribution in [0.15, 0.2) is 6.33 Å². The molecule has 74 valence electrons. The first-order chi connectivity index (χ1) is 6.48. The number of hydrogen-bond donors (Lipinski definition) is 1. The molecule has 4 nitrogen and oxygen atoms in total. The average molecular weight is 227 g/mol. The highest BCUT2D eigenvalue weighted by molar-refractivity contribution is 6.87. The number of aromatic amines is 1. The minimum absolute atomic E-state index is 0.463. The Morgan fingerprint density at radius 2 is 2.00 bits per heavy atom. The van der Waals surface area contributed by atoms with E-state index in [4.69, 9.17) is 11.6 Å². The van der Waals surface area contributed by atoms with Gasteiger partial charge >= 0.3 is 0 Å². The maximum atomic E-state index is 6.01. The van der Waals surface area contributed by atoms with Gasteiger partial charge in [-0.1, -0.05) is 31.2 Å². The van der Waals surface area contributed by atoms with Gasteiger partial charge in [0.05, 0.1) is 6.33 Å². The predicted octanol–water partition coefficient (Wildman–Crippen LogP) is 1.55. The molecule has 0 saturated heterocycles. The topological polar surface area (TPSA) is 54.5 Å². The summed E-state index contributed by atoms with van der Waals surface area (Å²) in [5.41, 5.74) is 2.22. The van der Waals surface area contributed by atoms with Crippen LogP contribution in [0.1, 0.15) is 0 Å². The zero-order valence-electron chi connectivity index (χ0n) is 8.30. The quantitative estimate of drug-likeness (QED) is 0.593. The van der Waals surface area contributed by atoms with Gasteiger partial charge in [0.15, 0.2) is 10.8 Å². The Morgan fingerprint density at radius 3 is 2.64 bits per heavy atom. The zero-order chi connectivity index (χ0) is 10.3. The number of hydrogen-bond acceptors (Lipinski definition) is 3. The molecule has 2 aromatic heterocycles. The van der Waals surface area contributed by atoms with Crippen molar-refractivity contribution in [2.75, 3.05) is 0 Å². The lowest BCUT2D eigenvalue weighted by atomic mass is 10.6. The van der Waals surface area contributed by atoms with Crippen molar-refractivity contribution in [3.05, 3.63) is 11.5 Å². The van der Waals surface area contributed by atoms with Crippen molar-refractivity contribution in [3.8, 4) is 0 Å². The van der Waals surface area contributed by atoms with Crippen molar-refractivity contribution < 1.29 is 0 Å². The number of halogens is 1. The second-order valence-electron chi connectivity index (χ2n) is 4.19. The Kier molecular flexibility index (Phi) is 2.08. The van der Waals surface area contributed by atoms with Crippen molar-refractivity contribution in [1.29, 1.82) is 0 Å². The van der Waals surface area contributed by atoms with Gasteiger partial charge < -0.3 is 4.98 Å². The first-order valence-corrected chi connectivity index (χ1v) is 8.23. The van der Waals surface area contributed by atoms with Crippen LogP contribution < -0.4 is 5.45 Å². The molecular formula is C8H11ClN4Si. The first-order valence-electron chi connectivity index (χ1n) is 4.35. The molecule has 0 amide bonds. The van der Waals surface area contributed by atoms with E-state index in [1.807, 2.05) is 0 Å². The number of nitrogens with one attached hydrogen (secondary N) is 1. The van der Waals surface area contributed by atoms with Gasteiger partial charge in [0.1, 0.15) is 19.0 Å². The van der Waals surface area contributed by atoms with Crippen molar-refractivity contribution in [2.24, 2.45) is 0 Å². The summed E-state index contributed by atoms with van der Waals surface area (Å²) in [5, 5.41) is 0.463. The third kappa shape index (κ3) is 1.53. The smallest absolute Gasteiger partial charge is 0.181 e. The monoisotopic (exact) mass is 226 g/mol. The van der Waals surface area contributed by atoms with Gasteiger partial charge in [-0.05, 0) is 0 Å². The van der Waals surface area contributed by atoms with Crippen molar-refractivity contribution in [1.82, 2.24) is 19.9 Å². The van der Waals surface area contributed by atoms with Crippen LogP contribution >= 0.6 is 11.6 Å². The van der Waals surface area contributed by atoms with Crippen LogP contribution in [-0.4, -0.2) is 28.0 Å². The molecule has 2 rings (SSSR count). The lowest BCUT2D eigenvalue weighted by Crippen LogP contribution is -2.42. The fourth-order valence-electron chi connectivity index (χ4n) is 1.13. The summed E-state index contributed by atoms with van der Waals surface area (Å²) in [6.45, 7) is 6.53. The van der Waals surface area contributed by atoms with E-state index in [1.54, 1.807) is 6.33 Å². The molecule has 1 N–H and O–H groups in total. The van der Waals surface area contributed by atoms with Crippen LogP contribution in [0.25, 0.3) is 11.2 Å². The van der Waals surface area contributed by atoms with Crippen LogP contribution in [0.2, 0.25) is 24.8 Å². The molecule has 0 aliphatic heterocycles. The van der Waals surface area contributed by atoms with Gasteiger partial charge in [-0.3, -0.25) is 0 Å². The minimum atomic E-state index is -1.52. The second-order valence-corrected chi connectivity index (χ2v) is 9.49. The van der Waals surface area contributed by atoms with E-state index in [0.29, 0.717) is 16.3 Å². The molecule has 2 heterocycles. The highest BCUT2D eigenvalue weighted by atomic mass is 35.5. The summed E-state index contributed by atoms with van der Waals surface area (Å²) in [5.74, 6) is 0. The maximum Gasteiger partial charge on any atom is 0.181 e. The minimum Gasteiger partial charge on any atom is -0.341 e. The molecule has 0 aliphatic rings. The summed E-state index contributed by atoms with van der Waals surface area (Å²) in [6, 6.07) is 0. The molecule has 0 atom stereocenters. The molecule has 0 fully saturated rings. The molecule has 2 aromatic rings. The SMILES string of the molecule is C[Si](C)(C)c1nc(Cl)c2[nH]cnc2n1. The van der Waals surface area contributed by atoms with Crippen LogP contribution in [0.3, 0.4) is 0 Å². The van der Waals surface area contributed by atoms with E-state index >= 15 is 0 Å². The number of aromatic nitrogens is 4. The number of imidazole rings is 1. The highest BCUT2D eigenvalue weighted by Gasteiger charge is 2.22. The summed E-state index contributed by atoms with van der Waals surface area (Å²) >= 11 is 6.01. The van der Waals surface area contributed by atoms with Gasteiger partial charge in [-0.2, -0.15) is 0 Å². The molecule has 14 heavy (non-hydrogen) atoms. The van der Waals surface area contributed by atoms with E-state index in [-0.39, 0.29) is 0 Å². The van der Waals surface area contributed by atoms with Gasteiger partial charge in [-0.15, -0.1) is 0 Å². The lowest BCUT2D eigenvalue weighted by Gasteiger charge is -2.13. The van der Waals surface area contributed by atoms with Crippen molar-refractivity contribution in [2.45, 2.75) is 19.6 Å². The van der Waals surface area contributed by atoms with Crippen LogP contribution in [-0.2, 0) is 0 Å². The fourth-order valence-corrected chi connectivity index (χ4v) is 2.31. The molecular weight excluding hydrogens is 216 g/mol. The predicted molar refractivity (Wildman–Crippen MR) is 59.7 cm³/mol. The Labute approximate surface area is 87.8 Å². The molecule has 6 heteroatoms. The average Bonchev–Trinajstić information content (AvgIpc) is 2.50. The van der Waals surface area contributed by atoms with Gasteiger partial charge in [-0.25, -0.2) is 15.0 Å². The Morgan fingerprint density at radius 1 is 1.29 bits per heavy atom. The van der Waals surface area contributed by atoms with Crippen LogP contribution in [0.4, 0.5) is 0 Å². The van der Waals surface area contributed by atoms with Gasteiger partial charge in [0.25, 0.3) is 0 Å². The molecule has 0 bridgehead atoms. The van der Waals surface area contributed by atoms with Crippen molar-refractivity contribution >= 4 is 36.3 Å². The van der Waals surface area contributed by atoms with E-state index in [0.717, 1.165) is 5.45 Å². The number of fused-ring (bicyclic) bond motifs is 1.